The minimum Gasteiger partial charge on any atom is -0.465 e. The fourth-order valence-electron chi connectivity index (χ4n) is 6.90. The van der Waals surface area contributed by atoms with Crippen molar-refractivity contribution in [2.24, 2.45) is 17.8 Å². The van der Waals surface area contributed by atoms with Crippen LogP contribution in [0.15, 0.2) is 43.5 Å². The highest BCUT2D eigenvalue weighted by Gasteiger charge is 2.75. The third-order valence-electron chi connectivity index (χ3n) is 9.12. The van der Waals surface area contributed by atoms with Crippen molar-refractivity contribution in [1.82, 2.24) is 4.90 Å². The number of aryl methyl sites for hydroxylation is 2. The van der Waals surface area contributed by atoms with E-state index in [1.54, 1.807) is 33.7 Å². The Morgan fingerprint density at radius 3 is 2.70 bits per heavy atom. The zero-order valence-corrected chi connectivity index (χ0v) is 25.1. The second-order valence-corrected chi connectivity index (χ2v) is 13.2. The molecule has 4 rings (SSSR count). The summed E-state index contributed by atoms with van der Waals surface area (Å²) in [7, 11) is 0. The number of hydrogen-bond acceptors (Lipinski definition) is 6. The first kappa shape index (κ1) is 30.4. The van der Waals surface area contributed by atoms with Gasteiger partial charge in [-0.2, -0.15) is 0 Å². The lowest BCUT2D eigenvalue weighted by molar-refractivity contribution is -0.154. The summed E-state index contributed by atoms with van der Waals surface area (Å²) in [4.78, 5) is 46.1. The number of likely N-dealkylation sites (tertiary alicyclic amines) is 1. The van der Waals surface area contributed by atoms with Crippen LogP contribution in [0.3, 0.4) is 0 Å². The van der Waals surface area contributed by atoms with Crippen molar-refractivity contribution in [3.05, 3.63) is 54.6 Å². The van der Waals surface area contributed by atoms with Crippen molar-refractivity contribution >= 4 is 35.2 Å². The molecule has 1 spiro atoms. The molecule has 0 radical (unpaired) electrons. The number of ether oxygens (including phenoxy) is 1. The van der Waals surface area contributed by atoms with Gasteiger partial charge in [0.1, 0.15) is 6.04 Å². The average Bonchev–Trinajstić information content (AvgIpc) is 3.59. The molecule has 1 N–H and O–H groups in total. The summed E-state index contributed by atoms with van der Waals surface area (Å²) in [6.45, 7) is 15.9. The molecule has 3 fully saturated rings. The Bertz CT molecular complexity index is 1150. The number of unbranched alkanes of at least 4 members (excludes halogenated alkanes) is 1. The SMILES string of the molecule is C=CCCCOC(=O)[C@@H]1[C@H]2C(=O)N([C@@H](CO)[C@@H](C)CC)C(C(=O)N(CC=C)c3cc(C)ccc3C)C23CC[C@H]1S3. The molecule has 8 heteroatoms. The van der Waals surface area contributed by atoms with Crippen LogP contribution < -0.4 is 4.90 Å². The van der Waals surface area contributed by atoms with E-state index in [0.29, 0.717) is 19.4 Å². The lowest BCUT2D eigenvalue weighted by Crippen LogP contribution is -2.58. The molecule has 3 aliphatic heterocycles. The molecule has 2 unspecified atom stereocenters. The third-order valence-corrected chi connectivity index (χ3v) is 11.1. The largest absolute Gasteiger partial charge is 0.465 e. The summed E-state index contributed by atoms with van der Waals surface area (Å²) in [6, 6.07) is 4.67. The molecule has 2 amide bonds. The third kappa shape index (κ3) is 5.13. The Labute approximate surface area is 243 Å². The number of allylic oxidation sites excluding steroid dienone is 1. The van der Waals surface area contributed by atoms with Crippen LogP contribution >= 0.6 is 11.8 Å². The van der Waals surface area contributed by atoms with Gasteiger partial charge in [-0.05, 0) is 62.6 Å². The number of carbonyl (C=O) groups excluding carboxylic acids is 3. The van der Waals surface area contributed by atoms with Gasteiger partial charge in [0, 0.05) is 17.5 Å². The molecule has 2 bridgehead atoms. The lowest BCUT2D eigenvalue weighted by Gasteiger charge is -2.41. The van der Waals surface area contributed by atoms with Crippen molar-refractivity contribution in [2.45, 2.75) is 81.9 Å². The number of aliphatic hydroxyl groups excluding tert-OH is 1. The zero-order chi connectivity index (χ0) is 29.2. The Kier molecular flexibility index (Phi) is 9.51. The summed E-state index contributed by atoms with van der Waals surface area (Å²) < 4.78 is 4.93. The number of thioether (sulfide) groups is 1. The molecule has 3 aliphatic rings. The van der Waals surface area contributed by atoms with Gasteiger partial charge in [0.05, 0.1) is 35.8 Å². The van der Waals surface area contributed by atoms with E-state index in [-0.39, 0.29) is 42.2 Å². The van der Waals surface area contributed by atoms with Gasteiger partial charge in [-0.3, -0.25) is 14.4 Å². The molecule has 0 aliphatic carbocycles. The number of benzene rings is 1. The first-order valence-corrected chi connectivity index (χ1v) is 15.4. The standard InChI is InChI=1S/C32H44N2O5S/c1-7-10-11-17-39-31(38)26-25-14-15-32(40-25)27(26)29(36)34(24(19-35)21(5)9-3)28(32)30(37)33(16-8-2)23-18-20(4)12-13-22(23)6/h7-8,12-13,18,21,24-28,35H,1-2,9-11,14-17,19H2,3-6H3/t21-,24-,25+,26-,27-,28?,32?/m0/s1. The van der Waals surface area contributed by atoms with Gasteiger partial charge in [0.2, 0.25) is 5.91 Å². The summed E-state index contributed by atoms with van der Waals surface area (Å²) in [6.07, 6.45) is 7.08. The predicted octanol–water partition coefficient (Wildman–Crippen LogP) is 4.83. The number of amides is 2. The molecule has 7 nitrogen and oxygen atoms in total. The molecular formula is C32H44N2O5S. The smallest absolute Gasteiger partial charge is 0.310 e. The quantitative estimate of drug-likeness (QED) is 0.208. The van der Waals surface area contributed by atoms with Crippen molar-refractivity contribution in [2.75, 3.05) is 24.7 Å². The monoisotopic (exact) mass is 568 g/mol. The molecule has 3 saturated heterocycles. The molecule has 0 aromatic heterocycles. The Balaban J connectivity index is 1.79. The maximum atomic E-state index is 14.8. The fourth-order valence-corrected chi connectivity index (χ4v) is 9.09. The molecule has 3 heterocycles. The molecule has 0 saturated carbocycles. The van der Waals surface area contributed by atoms with Gasteiger partial charge in [0.15, 0.2) is 0 Å². The maximum absolute atomic E-state index is 14.8. The number of rotatable bonds is 13. The van der Waals surface area contributed by atoms with Gasteiger partial charge in [-0.25, -0.2) is 0 Å². The van der Waals surface area contributed by atoms with Crippen LogP contribution in [0.4, 0.5) is 5.69 Å². The van der Waals surface area contributed by atoms with Crippen LogP contribution in [-0.4, -0.2) is 69.6 Å². The molecule has 1 aromatic rings. The van der Waals surface area contributed by atoms with Gasteiger partial charge >= 0.3 is 5.97 Å². The fraction of sp³-hybridized carbons (Fsp3) is 0.594. The summed E-state index contributed by atoms with van der Waals surface area (Å²) >= 11 is 1.62. The highest BCUT2D eigenvalue weighted by molar-refractivity contribution is 8.02. The number of nitrogens with zero attached hydrogens (tertiary/aromatic N) is 2. The van der Waals surface area contributed by atoms with Gasteiger partial charge in [0.25, 0.3) is 5.91 Å². The van der Waals surface area contributed by atoms with Crippen LogP contribution in [0.25, 0.3) is 0 Å². The first-order valence-electron chi connectivity index (χ1n) is 14.5. The zero-order valence-electron chi connectivity index (χ0n) is 24.3. The van der Waals surface area contributed by atoms with E-state index in [1.807, 2.05) is 45.9 Å². The normalized spacial score (nSPS) is 28.2. The van der Waals surface area contributed by atoms with Gasteiger partial charge < -0.3 is 19.6 Å². The maximum Gasteiger partial charge on any atom is 0.310 e. The van der Waals surface area contributed by atoms with Crippen LogP contribution in [0.5, 0.6) is 0 Å². The minimum atomic E-state index is -0.801. The van der Waals surface area contributed by atoms with E-state index in [4.69, 9.17) is 4.74 Å². The molecule has 218 valence electrons. The number of carbonyl (C=O) groups is 3. The Morgan fingerprint density at radius 1 is 1.30 bits per heavy atom. The number of hydrogen-bond donors (Lipinski definition) is 1. The summed E-state index contributed by atoms with van der Waals surface area (Å²) in [5.74, 6) is -2.02. The molecule has 7 atom stereocenters. The van der Waals surface area contributed by atoms with Crippen LogP contribution in [0.1, 0.15) is 57.1 Å². The van der Waals surface area contributed by atoms with E-state index < -0.39 is 28.7 Å². The lowest BCUT2D eigenvalue weighted by atomic mass is 9.71. The highest BCUT2D eigenvalue weighted by atomic mass is 32.2. The van der Waals surface area contributed by atoms with E-state index in [9.17, 15) is 19.5 Å². The van der Waals surface area contributed by atoms with Crippen LogP contribution in [0.2, 0.25) is 0 Å². The number of fused-ring (bicyclic) bond motifs is 1. The van der Waals surface area contributed by atoms with Crippen molar-refractivity contribution in [3.8, 4) is 0 Å². The summed E-state index contributed by atoms with van der Waals surface area (Å²) in [5.41, 5.74) is 2.77. The first-order chi connectivity index (χ1) is 19.2. The van der Waals surface area contributed by atoms with Crippen molar-refractivity contribution in [3.63, 3.8) is 0 Å². The van der Waals surface area contributed by atoms with Gasteiger partial charge in [-0.15, -0.1) is 24.9 Å². The van der Waals surface area contributed by atoms with E-state index in [1.165, 1.54) is 0 Å². The number of esters is 1. The van der Waals surface area contributed by atoms with Crippen molar-refractivity contribution < 1.29 is 24.2 Å². The highest BCUT2D eigenvalue weighted by Crippen LogP contribution is 2.67. The Morgan fingerprint density at radius 2 is 2.05 bits per heavy atom. The van der Waals surface area contributed by atoms with E-state index in [2.05, 4.69) is 13.2 Å². The molecule has 40 heavy (non-hydrogen) atoms. The topological polar surface area (TPSA) is 87.1 Å². The molecular weight excluding hydrogens is 524 g/mol. The van der Waals surface area contributed by atoms with Crippen molar-refractivity contribution in [1.29, 1.82) is 0 Å². The predicted molar refractivity (Wildman–Crippen MR) is 160 cm³/mol. The minimum absolute atomic E-state index is 0.0282. The second-order valence-electron chi connectivity index (χ2n) is 11.6. The van der Waals surface area contributed by atoms with Crippen LogP contribution in [-0.2, 0) is 19.1 Å². The second kappa shape index (κ2) is 12.5. The molecule has 1 aromatic carbocycles. The number of anilines is 1. The van der Waals surface area contributed by atoms with Gasteiger partial charge in [-0.1, -0.05) is 44.6 Å². The van der Waals surface area contributed by atoms with E-state index in [0.717, 1.165) is 36.1 Å². The van der Waals surface area contributed by atoms with Crippen LogP contribution in [0, 0.1) is 31.6 Å². The number of aliphatic hydroxyl groups is 1. The average molecular weight is 569 g/mol. The Hall–Kier alpha value is -2.58. The summed E-state index contributed by atoms with van der Waals surface area (Å²) in [5, 5.41) is 10.5. The van der Waals surface area contributed by atoms with E-state index >= 15 is 0 Å².